The Labute approximate surface area is 174 Å². The number of nitrogens with one attached hydrogen (secondary N) is 2. The van der Waals surface area contributed by atoms with Crippen LogP contribution in [-0.2, 0) is 0 Å². The smallest absolute Gasteiger partial charge is 0.319 e. The molecule has 6 nitrogen and oxygen atoms in total. The first-order chi connectivity index (χ1) is 14.8. The Bertz CT molecular complexity index is 1130. The number of benzene rings is 3. The normalized spacial score (nSPS) is 10.4. The highest BCUT2D eigenvalue weighted by atomic mass is 16.5. The van der Waals surface area contributed by atoms with Gasteiger partial charge >= 0.3 is 6.03 Å². The van der Waals surface area contributed by atoms with E-state index in [4.69, 9.17) is 9.47 Å². The molecule has 2 amide bonds. The summed E-state index contributed by atoms with van der Waals surface area (Å²) in [6.45, 7) is 0.669. The summed E-state index contributed by atoms with van der Waals surface area (Å²) in [6, 6.07) is 26.0. The van der Waals surface area contributed by atoms with Crippen LogP contribution in [0.3, 0.4) is 0 Å². The number of hydrogen-bond donors (Lipinski definition) is 2. The van der Waals surface area contributed by atoms with Gasteiger partial charge in [-0.1, -0.05) is 48.5 Å². The van der Waals surface area contributed by atoms with Gasteiger partial charge in [-0.05, 0) is 36.4 Å². The molecule has 4 aromatic rings. The van der Waals surface area contributed by atoms with Crippen LogP contribution < -0.4 is 20.1 Å². The van der Waals surface area contributed by atoms with E-state index in [-0.39, 0.29) is 6.03 Å². The van der Waals surface area contributed by atoms with Crippen LogP contribution >= 0.6 is 0 Å². The number of fused-ring (bicyclic) bond motifs is 1. The van der Waals surface area contributed by atoms with Crippen molar-refractivity contribution in [2.75, 3.05) is 18.5 Å². The van der Waals surface area contributed by atoms with Crippen LogP contribution in [0.4, 0.5) is 10.5 Å². The summed E-state index contributed by atoms with van der Waals surface area (Å²) < 4.78 is 11.7. The number of carbonyl (C=O) groups excluding carboxylic acids is 1. The van der Waals surface area contributed by atoms with Crippen LogP contribution in [0.5, 0.6) is 17.2 Å². The van der Waals surface area contributed by atoms with Crippen molar-refractivity contribution in [1.29, 1.82) is 0 Å². The number of hydrogen-bond acceptors (Lipinski definition) is 4. The molecule has 150 valence electrons. The van der Waals surface area contributed by atoms with E-state index in [0.717, 1.165) is 10.9 Å². The van der Waals surface area contributed by atoms with Crippen molar-refractivity contribution in [3.05, 3.63) is 91.1 Å². The van der Waals surface area contributed by atoms with Gasteiger partial charge in [0.25, 0.3) is 0 Å². The molecule has 3 aromatic carbocycles. The zero-order valence-electron chi connectivity index (χ0n) is 16.2. The predicted molar refractivity (Wildman–Crippen MR) is 117 cm³/mol. The molecule has 0 fully saturated rings. The summed E-state index contributed by atoms with van der Waals surface area (Å²) in [7, 11) is 0. The molecule has 0 unspecified atom stereocenters. The predicted octanol–water partition coefficient (Wildman–Crippen LogP) is 5.23. The fourth-order valence-electron chi connectivity index (χ4n) is 2.96. The molecule has 0 saturated heterocycles. The number of amides is 2. The molecular formula is C24H21N3O3. The molecule has 0 aliphatic heterocycles. The fourth-order valence-corrected chi connectivity index (χ4v) is 2.96. The highest BCUT2D eigenvalue weighted by Crippen LogP contribution is 2.29. The largest absolute Gasteiger partial charge is 0.489 e. The molecule has 0 aliphatic carbocycles. The second-order valence-electron chi connectivity index (χ2n) is 6.47. The Balaban J connectivity index is 1.30. The first-order valence-corrected chi connectivity index (χ1v) is 9.63. The minimum Gasteiger partial charge on any atom is -0.489 e. The van der Waals surface area contributed by atoms with E-state index in [1.807, 2.05) is 72.8 Å². The van der Waals surface area contributed by atoms with Crippen molar-refractivity contribution in [3.8, 4) is 17.2 Å². The first-order valence-electron chi connectivity index (χ1n) is 9.63. The topological polar surface area (TPSA) is 72.5 Å². The van der Waals surface area contributed by atoms with Gasteiger partial charge in [0, 0.05) is 11.6 Å². The Morgan fingerprint density at radius 3 is 2.50 bits per heavy atom. The summed E-state index contributed by atoms with van der Waals surface area (Å²) in [6.07, 6.45) is 1.73. The summed E-state index contributed by atoms with van der Waals surface area (Å²) in [4.78, 5) is 16.7. The van der Waals surface area contributed by atoms with Crippen molar-refractivity contribution < 1.29 is 14.3 Å². The molecule has 4 rings (SSSR count). The van der Waals surface area contributed by atoms with Crippen molar-refractivity contribution in [2.24, 2.45) is 0 Å². The average Bonchev–Trinajstić information content (AvgIpc) is 2.79. The number of aromatic nitrogens is 1. The van der Waals surface area contributed by atoms with Crippen molar-refractivity contribution in [1.82, 2.24) is 10.3 Å². The summed E-state index contributed by atoms with van der Waals surface area (Å²) >= 11 is 0. The number of para-hydroxylation sites is 4. The maximum atomic E-state index is 12.3. The number of rotatable bonds is 7. The number of anilines is 1. The lowest BCUT2D eigenvalue weighted by Gasteiger charge is -2.13. The molecule has 0 radical (unpaired) electrons. The maximum Gasteiger partial charge on any atom is 0.319 e. The monoisotopic (exact) mass is 399 g/mol. The zero-order valence-corrected chi connectivity index (χ0v) is 16.2. The van der Waals surface area contributed by atoms with Crippen LogP contribution in [0.2, 0.25) is 0 Å². The summed E-state index contributed by atoms with van der Waals surface area (Å²) in [5.74, 6) is 1.96. The molecular weight excluding hydrogens is 378 g/mol. The number of pyridine rings is 1. The van der Waals surface area contributed by atoms with Gasteiger partial charge in [0.05, 0.1) is 12.2 Å². The number of ether oxygens (including phenoxy) is 2. The molecule has 0 bridgehead atoms. The highest BCUT2D eigenvalue weighted by Gasteiger charge is 2.08. The van der Waals surface area contributed by atoms with E-state index in [1.165, 1.54) is 0 Å². The Hall–Kier alpha value is -4.06. The van der Waals surface area contributed by atoms with E-state index >= 15 is 0 Å². The van der Waals surface area contributed by atoms with E-state index < -0.39 is 0 Å². The molecule has 0 spiro atoms. The van der Waals surface area contributed by atoms with Gasteiger partial charge in [-0.15, -0.1) is 0 Å². The SMILES string of the molecule is O=C(NCCOc1cccc2cccnc12)Nc1ccccc1Oc1ccccc1. The lowest BCUT2D eigenvalue weighted by molar-refractivity contribution is 0.247. The highest BCUT2D eigenvalue weighted by molar-refractivity contribution is 5.91. The van der Waals surface area contributed by atoms with Crippen LogP contribution in [0.25, 0.3) is 10.9 Å². The molecule has 1 heterocycles. The van der Waals surface area contributed by atoms with E-state index in [9.17, 15) is 4.79 Å². The average molecular weight is 399 g/mol. The Morgan fingerprint density at radius 1 is 0.833 bits per heavy atom. The lowest BCUT2D eigenvalue weighted by Crippen LogP contribution is -2.32. The number of nitrogens with zero attached hydrogens (tertiary/aromatic N) is 1. The molecule has 0 atom stereocenters. The van der Waals surface area contributed by atoms with Gasteiger partial charge in [-0.25, -0.2) is 4.79 Å². The molecule has 6 heteroatoms. The summed E-state index contributed by atoms with van der Waals surface area (Å²) in [5.41, 5.74) is 1.38. The van der Waals surface area contributed by atoms with Crippen LogP contribution in [-0.4, -0.2) is 24.2 Å². The van der Waals surface area contributed by atoms with Crippen LogP contribution in [0.15, 0.2) is 91.1 Å². The van der Waals surface area contributed by atoms with Crippen molar-refractivity contribution >= 4 is 22.6 Å². The molecule has 0 saturated carbocycles. The van der Waals surface area contributed by atoms with Crippen LogP contribution in [0, 0.1) is 0 Å². The van der Waals surface area contributed by atoms with Gasteiger partial charge < -0.3 is 20.1 Å². The van der Waals surface area contributed by atoms with Gasteiger partial charge in [0.1, 0.15) is 23.6 Å². The quantitative estimate of drug-likeness (QED) is 0.418. The third-order valence-electron chi connectivity index (χ3n) is 4.35. The molecule has 0 aliphatic rings. The standard InChI is InChI=1S/C24H21N3O3/c28-24(26-16-17-29-22-14-6-8-18-9-7-15-25-23(18)22)27-20-12-4-5-13-21(20)30-19-10-2-1-3-11-19/h1-15H,16-17H2,(H2,26,27,28). The minimum absolute atomic E-state index is 0.325. The summed E-state index contributed by atoms with van der Waals surface area (Å²) in [5, 5.41) is 6.62. The van der Waals surface area contributed by atoms with Gasteiger partial charge in [-0.2, -0.15) is 0 Å². The molecule has 1 aromatic heterocycles. The zero-order chi connectivity index (χ0) is 20.6. The van der Waals surface area contributed by atoms with Gasteiger partial charge in [0.15, 0.2) is 5.75 Å². The fraction of sp³-hybridized carbons (Fsp3) is 0.0833. The third-order valence-corrected chi connectivity index (χ3v) is 4.35. The Kier molecular flexibility index (Phi) is 6.05. The van der Waals surface area contributed by atoms with Crippen molar-refractivity contribution in [3.63, 3.8) is 0 Å². The van der Waals surface area contributed by atoms with Gasteiger partial charge in [0.2, 0.25) is 0 Å². The van der Waals surface area contributed by atoms with Crippen LogP contribution in [0.1, 0.15) is 0 Å². The molecule has 2 N–H and O–H groups in total. The Morgan fingerprint density at radius 2 is 1.60 bits per heavy atom. The second kappa shape index (κ2) is 9.43. The van der Waals surface area contributed by atoms with E-state index in [2.05, 4.69) is 15.6 Å². The molecule has 30 heavy (non-hydrogen) atoms. The maximum absolute atomic E-state index is 12.3. The minimum atomic E-state index is -0.334. The third kappa shape index (κ3) is 4.86. The lowest BCUT2D eigenvalue weighted by atomic mass is 10.2. The van der Waals surface area contributed by atoms with E-state index in [1.54, 1.807) is 18.3 Å². The second-order valence-corrected chi connectivity index (χ2v) is 6.47. The first kappa shape index (κ1) is 19.3. The van der Waals surface area contributed by atoms with E-state index in [0.29, 0.717) is 36.1 Å². The number of carbonyl (C=O) groups is 1. The van der Waals surface area contributed by atoms with Crippen molar-refractivity contribution in [2.45, 2.75) is 0 Å². The van der Waals surface area contributed by atoms with Gasteiger partial charge in [-0.3, -0.25) is 4.98 Å². The number of urea groups is 1.